The number of aryl methyl sites for hydroxylation is 2. The topological polar surface area (TPSA) is 64.4 Å². The Labute approximate surface area is 154 Å². The standard InChI is InChI=1S/C20H18N2O3S/c1-11-6-12(2)19-17(7-11)26-20(22-19)21-18(23)8-13-10-25-16-9-14(24-3)4-5-15(13)16/h4-7,9-10H,8H2,1-3H3,(H,21,22,23). The maximum atomic E-state index is 12.5. The number of benzene rings is 2. The number of hydrogen-bond acceptors (Lipinski definition) is 5. The van der Waals surface area contributed by atoms with E-state index in [4.69, 9.17) is 9.15 Å². The number of nitrogens with one attached hydrogen (secondary N) is 1. The summed E-state index contributed by atoms with van der Waals surface area (Å²) in [7, 11) is 1.61. The van der Waals surface area contributed by atoms with Gasteiger partial charge in [-0.1, -0.05) is 17.4 Å². The molecule has 0 spiro atoms. The van der Waals surface area contributed by atoms with Crippen molar-refractivity contribution in [3.8, 4) is 5.75 Å². The molecule has 132 valence electrons. The predicted octanol–water partition coefficient (Wildman–Crippen LogP) is 4.85. The van der Waals surface area contributed by atoms with Crippen LogP contribution in [0.4, 0.5) is 5.13 Å². The van der Waals surface area contributed by atoms with Crippen molar-refractivity contribution < 1.29 is 13.9 Å². The highest BCUT2D eigenvalue weighted by Crippen LogP contribution is 2.30. The lowest BCUT2D eigenvalue weighted by Gasteiger charge is -2.01. The quantitative estimate of drug-likeness (QED) is 0.561. The molecule has 0 unspecified atom stereocenters. The Kier molecular flexibility index (Phi) is 4.12. The van der Waals surface area contributed by atoms with Gasteiger partial charge in [0.25, 0.3) is 0 Å². The average molecular weight is 366 g/mol. The van der Waals surface area contributed by atoms with E-state index in [1.165, 1.54) is 16.9 Å². The van der Waals surface area contributed by atoms with Crippen LogP contribution < -0.4 is 10.1 Å². The Balaban J connectivity index is 1.55. The molecule has 1 N–H and O–H groups in total. The van der Waals surface area contributed by atoms with Gasteiger partial charge in [0.05, 0.1) is 30.0 Å². The molecule has 5 nitrogen and oxygen atoms in total. The van der Waals surface area contributed by atoms with Gasteiger partial charge in [-0.2, -0.15) is 0 Å². The van der Waals surface area contributed by atoms with E-state index in [0.717, 1.165) is 32.5 Å². The molecule has 0 saturated carbocycles. The summed E-state index contributed by atoms with van der Waals surface area (Å²) >= 11 is 1.49. The van der Waals surface area contributed by atoms with Gasteiger partial charge in [0.15, 0.2) is 5.13 Å². The summed E-state index contributed by atoms with van der Waals surface area (Å²) in [5.74, 6) is 0.611. The largest absolute Gasteiger partial charge is 0.497 e. The van der Waals surface area contributed by atoms with Crippen molar-refractivity contribution in [3.05, 3.63) is 53.3 Å². The summed E-state index contributed by atoms with van der Waals surface area (Å²) in [4.78, 5) is 17.0. The number of hydrogen-bond donors (Lipinski definition) is 1. The minimum absolute atomic E-state index is 0.114. The molecular weight excluding hydrogens is 348 g/mol. The van der Waals surface area contributed by atoms with Crippen LogP contribution in [-0.2, 0) is 11.2 Å². The van der Waals surface area contributed by atoms with Crippen molar-refractivity contribution in [2.45, 2.75) is 20.3 Å². The first-order valence-electron chi connectivity index (χ1n) is 8.25. The van der Waals surface area contributed by atoms with Gasteiger partial charge in [0, 0.05) is 17.0 Å². The molecule has 4 aromatic rings. The second-order valence-electron chi connectivity index (χ2n) is 6.30. The number of methoxy groups -OCH3 is 1. The molecule has 4 rings (SSSR count). The van der Waals surface area contributed by atoms with Crippen LogP contribution in [0.5, 0.6) is 5.75 Å². The summed E-state index contributed by atoms with van der Waals surface area (Å²) < 4.78 is 11.8. The number of rotatable bonds is 4. The minimum Gasteiger partial charge on any atom is -0.497 e. The van der Waals surface area contributed by atoms with Crippen molar-refractivity contribution in [3.63, 3.8) is 0 Å². The number of carbonyl (C=O) groups is 1. The fourth-order valence-electron chi connectivity index (χ4n) is 3.09. The van der Waals surface area contributed by atoms with E-state index in [9.17, 15) is 4.79 Å². The van der Waals surface area contributed by atoms with Gasteiger partial charge in [-0.25, -0.2) is 4.98 Å². The van der Waals surface area contributed by atoms with E-state index < -0.39 is 0 Å². The van der Waals surface area contributed by atoms with E-state index in [1.807, 2.05) is 25.1 Å². The summed E-state index contributed by atoms with van der Waals surface area (Å²) in [6.07, 6.45) is 1.85. The van der Waals surface area contributed by atoms with Crippen molar-refractivity contribution in [1.82, 2.24) is 4.98 Å². The zero-order chi connectivity index (χ0) is 18.3. The lowest BCUT2D eigenvalue weighted by Crippen LogP contribution is -2.13. The molecule has 0 saturated heterocycles. The summed E-state index contributed by atoms with van der Waals surface area (Å²) in [5, 5.41) is 4.44. The van der Waals surface area contributed by atoms with Gasteiger partial charge in [0.2, 0.25) is 5.91 Å². The first-order valence-corrected chi connectivity index (χ1v) is 9.07. The first-order chi connectivity index (χ1) is 12.5. The van der Waals surface area contributed by atoms with Crippen molar-refractivity contribution in [2.24, 2.45) is 0 Å². The SMILES string of the molecule is COc1ccc2c(CC(=O)Nc3nc4c(C)cc(C)cc4s3)coc2c1. The van der Waals surface area contributed by atoms with Crippen molar-refractivity contribution >= 4 is 43.6 Å². The number of ether oxygens (including phenoxy) is 1. The number of anilines is 1. The fraction of sp³-hybridized carbons (Fsp3) is 0.200. The normalized spacial score (nSPS) is 11.2. The lowest BCUT2D eigenvalue weighted by molar-refractivity contribution is -0.115. The van der Waals surface area contributed by atoms with E-state index in [2.05, 4.69) is 29.4 Å². The van der Waals surface area contributed by atoms with Gasteiger partial charge in [0.1, 0.15) is 11.3 Å². The second-order valence-corrected chi connectivity index (χ2v) is 7.33. The van der Waals surface area contributed by atoms with Crippen molar-refractivity contribution in [1.29, 1.82) is 0 Å². The van der Waals surface area contributed by atoms with Crippen LogP contribution >= 0.6 is 11.3 Å². The van der Waals surface area contributed by atoms with Crippen LogP contribution in [0, 0.1) is 13.8 Å². The minimum atomic E-state index is -0.114. The summed E-state index contributed by atoms with van der Waals surface area (Å²) in [6.45, 7) is 4.09. The highest BCUT2D eigenvalue weighted by atomic mass is 32.1. The molecule has 6 heteroatoms. The third-order valence-electron chi connectivity index (χ3n) is 4.29. The number of aromatic nitrogens is 1. The van der Waals surface area contributed by atoms with E-state index in [0.29, 0.717) is 10.7 Å². The van der Waals surface area contributed by atoms with Gasteiger partial charge in [-0.3, -0.25) is 4.79 Å². The monoisotopic (exact) mass is 366 g/mol. The van der Waals surface area contributed by atoms with Gasteiger partial charge >= 0.3 is 0 Å². The molecular formula is C20H18N2O3S. The first kappa shape index (κ1) is 16.6. The van der Waals surface area contributed by atoms with Gasteiger partial charge < -0.3 is 14.5 Å². The third-order valence-corrected chi connectivity index (χ3v) is 5.21. The maximum absolute atomic E-state index is 12.5. The maximum Gasteiger partial charge on any atom is 0.230 e. The second kappa shape index (κ2) is 6.46. The molecule has 26 heavy (non-hydrogen) atoms. The number of fused-ring (bicyclic) bond motifs is 2. The number of nitrogens with zero attached hydrogens (tertiary/aromatic N) is 1. The molecule has 1 amide bonds. The number of amides is 1. The molecule has 0 bridgehead atoms. The van der Waals surface area contributed by atoms with Crippen LogP contribution in [0.15, 0.2) is 41.0 Å². The number of carbonyl (C=O) groups excluding carboxylic acids is 1. The van der Waals surface area contributed by atoms with Gasteiger partial charge in [-0.15, -0.1) is 0 Å². The highest BCUT2D eigenvalue weighted by molar-refractivity contribution is 7.22. The van der Waals surface area contributed by atoms with E-state index >= 15 is 0 Å². The Hall–Kier alpha value is -2.86. The van der Waals surface area contributed by atoms with E-state index in [-0.39, 0.29) is 12.3 Å². The molecule has 0 aliphatic rings. The molecule has 2 aromatic carbocycles. The van der Waals surface area contributed by atoms with Crippen LogP contribution in [0.2, 0.25) is 0 Å². The Morgan fingerprint density at radius 2 is 2.12 bits per heavy atom. The lowest BCUT2D eigenvalue weighted by atomic mass is 10.1. The zero-order valence-electron chi connectivity index (χ0n) is 14.8. The van der Waals surface area contributed by atoms with Crippen molar-refractivity contribution in [2.75, 3.05) is 12.4 Å². The summed E-state index contributed by atoms with van der Waals surface area (Å²) in [5.41, 5.74) is 4.80. The number of furan rings is 1. The molecule has 0 aliphatic heterocycles. The molecule has 2 heterocycles. The van der Waals surface area contributed by atoms with Crippen LogP contribution in [0.3, 0.4) is 0 Å². The Morgan fingerprint density at radius 3 is 2.92 bits per heavy atom. The van der Waals surface area contributed by atoms with Crippen LogP contribution in [0.1, 0.15) is 16.7 Å². The Morgan fingerprint density at radius 1 is 1.27 bits per heavy atom. The predicted molar refractivity (Wildman–Crippen MR) is 104 cm³/mol. The number of thiazole rings is 1. The molecule has 0 atom stereocenters. The smallest absolute Gasteiger partial charge is 0.230 e. The van der Waals surface area contributed by atoms with Gasteiger partial charge in [-0.05, 0) is 43.2 Å². The third kappa shape index (κ3) is 3.04. The molecule has 0 fully saturated rings. The van der Waals surface area contributed by atoms with Crippen LogP contribution in [-0.4, -0.2) is 18.0 Å². The highest BCUT2D eigenvalue weighted by Gasteiger charge is 2.14. The average Bonchev–Trinajstić information content (AvgIpc) is 3.18. The summed E-state index contributed by atoms with van der Waals surface area (Å²) in [6, 6.07) is 9.77. The molecule has 0 radical (unpaired) electrons. The van der Waals surface area contributed by atoms with E-state index in [1.54, 1.807) is 13.4 Å². The zero-order valence-corrected chi connectivity index (χ0v) is 15.6. The molecule has 0 aliphatic carbocycles. The fourth-order valence-corrected chi connectivity index (χ4v) is 4.15. The Bertz CT molecular complexity index is 1130. The van der Waals surface area contributed by atoms with Crippen LogP contribution in [0.25, 0.3) is 21.2 Å². The molecule has 2 aromatic heterocycles.